The van der Waals surface area contributed by atoms with Crippen molar-refractivity contribution >= 4 is 23.5 Å². The third-order valence-corrected chi connectivity index (χ3v) is 2.28. The summed E-state index contributed by atoms with van der Waals surface area (Å²) < 4.78 is 0. The fourth-order valence-corrected chi connectivity index (χ4v) is 1.38. The highest BCUT2D eigenvalue weighted by molar-refractivity contribution is 6.01. The van der Waals surface area contributed by atoms with E-state index in [2.05, 4.69) is 10.6 Å². The normalized spacial score (nSPS) is 9.65. The Balaban J connectivity index is 3.14. The van der Waals surface area contributed by atoms with Crippen LogP contribution < -0.4 is 10.6 Å². The van der Waals surface area contributed by atoms with Gasteiger partial charge in [0, 0.05) is 30.3 Å². The van der Waals surface area contributed by atoms with Crippen LogP contribution in [0, 0.1) is 10.1 Å². The van der Waals surface area contributed by atoms with Gasteiger partial charge in [0.2, 0.25) is 0 Å². The Bertz CT molecular complexity index is 584. The molecule has 0 heterocycles. The Kier molecular flexibility index (Phi) is 4.73. The molecule has 1 aromatic carbocycles. The number of nitrogens with one attached hydrogen (secondary N) is 2. The molecule has 1 rings (SSSR count). The molecule has 2 amide bonds. The zero-order chi connectivity index (χ0) is 15.3. The average Bonchev–Trinajstić information content (AvgIpc) is 2.43. The number of nitro benzene ring substituents is 1. The van der Waals surface area contributed by atoms with E-state index in [1.165, 1.54) is 7.05 Å². The second kappa shape index (κ2) is 6.27. The van der Waals surface area contributed by atoms with Crippen LogP contribution in [-0.4, -0.2) is 41.4 Å². The summed E-state index contributed by atoms with van der Waals surface area (Å²) in [5.41, 5.74) is -0.673. The van der Waals surface area contributed by atoms with Crippen molar-refractivity contribution in [3.05, 3.63) is 39.4 Å². The van der Waals surface area contributed by atoms with E-state index in [1.54, 1.807) is 0 Å². The Morgan fingerprint density at radius 3 is 2.20 bits per heavy atom. The first-order valence-corrected chi connectivity index (χ1v) is 5.36. The van der Waals surface area contributed by atoms with Crippen molar-refractivity contribution in [1.29, 1.82) is 0 Å². The highest BCUT2D eigenvalue weighted by atomic mass is 16.6. The highest BCUT2D eigenvalue weighted by Gasteiger charge is 2.17. The average molecular weight is 281 g/mol. The number of amides is 2. The van der Waals surface area contributed by atoms with E-state index < -0.39 is 34.9 Å². The maximum absolute atomic E-state index is 11.7. The van der Waals surface area contributed by atoms with Crippen molar-refractivity contribution in [3.8, 4) is 0 Å². The number of carboxylic acids is 1. The van der Waals surface area contributed by atoms with Gasteiger partial charge in [-0.15, -0.1) is 0 Å². The first-order chi connectivity index (χ1) is 9.35. The molecular weight excluding hydrogens is 270 g/mol. The van der Waals surface area contributed by atoms with Crippen LogP contribution in [0.4, 0.5) is 5.69 Å². The van der Waals surface area contributed by atoms with Crippen LogP contribution in [-0.2, 0) is 4.79 Å². The minimum absolute atomic E-state index is 0.0674. The zero-order valence-corrected chi connectivity index (χ0v) is 10.4. The lowest BCUT2D eigenvalue weighted by Gasteiger charge is -2.05. The molecule has 0 aliphatic heterocycles. The Morgan fingerprint density at radius 2 is 1.75 bits per heavy atom. The monoisotopic (exact) mass is 281 g/mol. The molecule has 0 radical (unpaired) electrons. The molecule has 0 unspecified atom stereocenters. The summed E-state index contributed by atoms with van der Waals surface area (Å²) >= 11 is 0. The van der Waals surface area contributed by atoms with Gasteiger partial charge in [-0.3, -0.25) is 24.5 Å². The van der Waals surface area contributed by atoms with E-state index in [9.17, 15) is 24.5 Å². The second-order valence-corrected chi connectivity index (χ2v) is 3.68. The van der Waals surface area contributed by atoms with Crippen LogP contribution in [0.3, 0.4) is 0 Å². The van der Waals surface area contributed by atoms with Crippen molar-refractivity contribution in [3.63, 3.8) is 0 Å². The minimum Gasteiger partial charge on any atom is -0.480 e. The van der Waals surface area contributed by atoms with Crippen molar-refractivity contribution < 1.29 is 24.4 Å². The lowest BCUT2D eigenvalue weighted by Crippen LogP contribution is -2.29. The van der Waals surface area contributed by atoms with Crippen LogP contribution >= 0.6 is 0 Å². The van der Waals surface area contributed by atoms with Gasteiger partial charge in [0.15, 0.2) is 0 Å². The molecule has 3 N–H and O–H groups in total. The first-order valence-electron chi connectivity index (χ1n) is 5.36. The molecule has 9 heteroatoms. The number of benzene rings is 1. The molecule has 9 nitrogen and oxygen atoms in total. The summed E-state index contributed by atoms with van der Waals surface area (Å²) in [6.45, 7) is -0.628. The van der Waals surface area contributed by atoms with Crippen molar-refractivity contribution in [2.45, 2.75) is 0 Å². The van der Waals surface area contributed by atoms with Crippen molar-refractivity contribution in [2.75, 3.05) is 13.6 Å². The molecular formula is C11H11N3O6. The number of rotatable bonds is 5. The molecule has 0 aromatic heterocycles. The smallest absolute Gasteiger partial charge is 0.322 e. The number of hydrogen-bond donors (Lipinski definition) is 3. The van der Waals surface area contributed by atoms with E-state index in [0.717, 1.165) is 18.2 Å². The molecule has 1 aromatic rings. The fraction of sp³-hybridized carbons (Fsp3) is 0.182. The molecule has 0 bridgehead atoms. The Labute approximate surface area is 112 Å². The molecule has 0 saturated heterocycles. The second-order valence-electron chi connectivity index (χ2n) is 3.68. The molecule has 0 aliphatic carbocycles. The quantitative estimate of drug-likeness (QED) is 0.503. The van der Waals surface area contributed by atoms with Gasteiger partial charge in [-0.1, -0.05) is 0 Å². The van der Waals surface area contributed by atoms with Crippen molar-refractivity contribution in [1.82, 2.24) is 10.6 Å². The molecule has 0 aliphatic rings. The van der Waals surface area contributed by atoms with Gasteiger partial charge in [0.05, 0.1) is 4.92 Å². The largest absolute Gasteiger partial charge is 0.480 e. The van der Waals surface area contributed by atoms with E-state index in [1.807, 2.05) is 0 Å². The lowest BCUT2D eigenvalue weighted by molar-refractivity contribution is -0.384. The van der Waals surface area contributed by atoms with Crippen molar-refractivity contribution in [2.24, 2.45) is 0 Å². The van der Waals surface area contributed by atoms with Crippen LogP contribution in [0.5, 0.6) is 0 Å². The van der Waals surface area contributed by atoms with Gasteiger partial charge in [-0.2, -0.15) is 0 Å². The summed E-state index contributed by atoms with van der Waals surface area (Å²) in [5.74, 6) is -2.67. The first kappa shape index (κ1) is 15.1. The topological polar surface area (TPSA) is 139 Å². The maximum Gasteiger partial charge on any atom is 0.322 e. The van der Waals surface area contributed by atoms with E-state index in [0.29, 0.717) is 0 Å². The van der Waals surface area contributed by atoms with E-state index >= 15 is 0 Å². The number of carboxylic acid groups (broad SMARTS) is 1. The zero-order valence-electron chi connectivity index (χ0n) is 10.4. The molecule has 20 heavy (non-hydrogen) atoms. The van der Waals surface area contributed by atoms with Crippen LogP contribution in [0.1, 0.15) is 20.7 Å². The Morgan fingerprint density at radius 1 is 1.20 bits per heavy atom. The van der Waals surface area contributed by atoms with Crippen LogP contribution in [0.2, 0.25) is 0 Å². The Hall–Kier alpha value is -2.97. The lowest BCUT2D eigenvalue weighted by atomic mass is 10.1. The van der Waals surface area contributed by atoms with Gasteiger partial charge < -0.3 is 15.7 Å². The minimum atomic E-state index is -1.25. The fourth-order valence-electron chi connectivity index (χ4n) is 1.38. The third-order valence-electron chi connectivity index (χ3n) is 2.28. The third kappa shape index (κ3) is 3.77. The van der Waals surface area contributed by atoms with Gasteiger partial charge in [0.25, 0.3) is 17.5 Å². The maximum atomic E-state index is 11.7. The van der Waals surface area contributed by atoms with Gasteiger partial charge >= 0.3 is 5.97 Å². The SMILES string of the molecule is CNC(=O)c1cc(C(=O)NCC(=O)O)cc([N+](=O)[O-])c1. The summed E-state index contributed by atoms with van der Waals surface area (Å²) in [5, 5.41) is 23.5. The number of non-ortho nitro benzene ring substituents is 1. The molecule has 106 valence electrons. The van der Waals surface area contributed by atoms with Gasteiger partial charge in [-0.05, 0) is 6.07 Å². The number of aliphatic carboxylic acids is 1. The predicted octanol–water partition coefficient (Wildman–Crippen LogP) is -0.231. The summed E-state index contributed by atoms with van der Waals surface area (Å²) in [4.78, 5) is 43.5. The summed E-state index contributed by atoms with van der Waals surface area (Å²) in [6.07, 6.45) is 0. The number of carbonyl (C=O) groups excluding carboxylic acids is 2. The highest BCUT2D eigenvalue weighted by Crippen LogP contribution is 2.17. The standard InChI is InChI=1S/C11H11N3O6/c1-12-10(17)6-2-7(4-8(3-6)14(19)20)11(18)13-5-9(15)16/h2-4H,5H2,1H3,(H,12,17)(H,13,18)(H,15,16). The summed E-state index contributed by atoms with van der Waals surface area (Å²) in [6, 6.07) is 3.12. The number of nitrogens with zero attached hydrogens (tertiary/aromatic N) is 1. The number of carbonyl (C=O) groups is 3. The van der Waals surface area contributed by atoms with Crippen LogP contribution in [0.15, 0.2) is 18.2 Å². The van der Waals surface area contributed by atoms with Crippen LogP contribution in [0.25, 0.3) is 0 Å². The predicted molar refractivity (Wildman–Crippen MR) is 66.5 cm³/mol. The number of hydrogen-bond acceptors (Lipinski definition) is 5. The summed E-state index contributed by atoms with van der Waals surface area (Å²) in [7, 11) is 1.34. The van der Waals surface area contributed by atoms with Gasteiger partial charge in [-0.25, -0.2) is 0 Å². The molecule has 0 fully saturated rings. The molecule has 0 atom stereocenters. The van der Waals surface area contributed by atoms with E-state index in [-0.39, 0.29) is 11.1 Å². The number of nitro groups is 1. The van der Waals surface area contributed by atoms with E-state index in [4.69, 9.17) is 5.11 Å². The molecule has 0 spiro atoms. The molecule has 0 saturated carbocycles. The van der Waals surface area contributed by atoms with Gasteiger partial charge in [0.1, 0.15) is 6.54 Å².